The second-order valence-electron chi connectivity index (χ2n) is 4.77. The molecule has 0 radical (unpaired) electrons. The summed E-state index contributed by atoms with van der Waals surface area (Å²) >= 11 is 4.80. The number of carbonyl (C=O) groups excluding carboxylic acids is 1. The summed E-state index contributed by atoms with van der Waals surface area (Å²) in [4.78, 5) is 12.2. The molecule has 134 valence electrons. The summed E-state index contributed by atoms with van der Waals surface area (Å²) in [5.74, 6) is 0.206. The van der Waals surface area contributed by atoms with Crippen LogP contribution in [0.5, 0.6) is 0 Å². The third-order valence-corrected chi connectivity index (χ3v) is 6.61. The monoisotopic (exact) mass is 510 g/mol. The van der Waals surface area contributed by atoms with Gasteiger partial charge in [0.25, 0.3) is 0 Å². The summed E-state index contributed by atoms with van der Waals surface area (Å²) in [6, 6.07) is 6.87. The van der Waals surface area contributed by atoms with E-state index in [-0.39, 0.29) is 6.54 Å². The van der Waals surface area contributed by atoms with Crippen LogP contribution in [0.15, 0.2) is 41.3 Å². The number of sulfonamides is 1. The molecule has 0 spiro atoms. The first-order chi connectivity index (χ1) is 11.8. The van der Waals surface area contributed by atoms with E-state index in [0.29, 0.717) is 20.9 Å². The highest BCUT2D eigenvalue weighted by molar-refractivity contribution is 14.1. The van der Waals surface area contributed by atoms with Crippen LogP contribution in [0.1, 0.15) is 0 Å². The lowest BCUT2D eigenvalue weighted by Gasteiger charge is -2.21. The van der Waals surface area contributed by atoms with Crippen LogP contribution in [0, 0.1) is 3.57 Å². The van der Waals surface area contributed by atoms with E-state index in [9.17, 15) is 13.2 Å². The molecule has 0 unspecified atom stereocenters. The Labute approximate surface area is 168 Å². The zero-order valence-electron chi connectivity index (χ0n) is 13.2. The number of halogens is 1. The number of carbonyl (C=O) groups is 1. The first-order valence-electron chi connectivity index (χ1n) is 6.90. The summed E-state index contributed by atoms with van der Waals surface area (Å²) in [7, 11) is -3.60. The van der Waals surface area contributed by atoms with Crippen molar-refractivity contribution < 1.29 is 13.2 Å². The standard InChI is InChI=1S/C14H15IN4O3S3/c1-3-8-23-14-18-17-13(24-14)16-12(20)9-19(25(2,21)22)11-6-4-10(15)5-7-11/h3-7H,1,8-9H2,2H3,(H,16,17,20). The van der Waals surface area contributed by atoms with E-state index in [0.717, 1.165) is 14.1 Å². The molecule has 2 rings (SSSR count). The Morgan fingerprint density at radius 3 is 2.68 bits per heavy atom. The Balaban J connectivity index is 2.08. The van der Waals surface area contributed by atoms with Crippen LogP contribution in [0.25, 0.3) is 0 Å². The topological polar surface area (TPSA) is 92.3 Å². The molecule has 0 atom stereocenters. The number of rotatable bonds is 8. The molecule has 1 amide bonds. The van der Waals surface area contributed by atoms with Gasteiger partial charge in [0.2, 0.25) is 21.1 Å². The minimum absolute atomic E-state index is 0.327. The molecular weight excluding hydrogens is 495 g/mol. The highest BCUT2D eigenvalue weighted by atomic mass is 127. The number of amides is 1. The van der Waals surface area contributed by atoms with Gasteiger partial charge in [-0.1, -0.05) is 29.2 Å². The van der Waals surface area contributed by atoms with Crippen LogP contribution in [0.2, 0.25) is 0 Å². The Hall–Kier alpha value is -1.18. The second-order valence-corrected chi connectivity index (χ2v) is 10.2. The van der Waals surface area contributed by atoms with Gasteiger partial charge >= 0.3 is 0 Å². The van der Waals surface area contributed by atoms with Crippen LogP contribution in [0.4, 0.5) is 10.8 Å². The summed E-state index contributed by atoms with van der Waals surface area (Å²) in [6.45, 7) is 3.28. The van der Waals surface area contributed by atoms with Gasteiger partial charge in [0.15, 0.2) is 4.34 Å². The summed E-state index contributed by atoms with van der Waals surface area (Å²) < 4.78 is 26.8. The number of hydrogen-bond donors (Lipinski definition) is 1. The highest BCUT2D eigenvalue weighted by Crippen LogP contribution is 2.25. The van der Waals surface area contributed by atoms with Crippen LogP contribution in [0.3, 0.4) is 0 Å². The minimum Gasteiger partial charge on any atom is -0.299 e. The largest absolute Gasteiger partial charge is 0.299 e. The van der Waals surface area contributed by atoms with Crippen molar-refractivity contribution in [3.8, 4) is 0 Å². The third kappa shape index (κ3) is 6.24. The molecule has 0 aliphatic carbocycles. The van der Waals surface area contributed by atoms with Crippen LogP contribution in [-0.4, -0.2) is 43.1 Å². The number of nitrogens with zero attached hydrogens (tertiary/aromatic N) is 3. The fraction of sp³-hybridized carbons (Fsp3) is 0.214. The normalized spacial score (nSPS) is 11.1. The number of aromatic nitrogens is 2. The lowest BCUT2D eigenvalue weighted by Crippen LogP contribution is -2.37. The van der Waals surface area contributed by atoms with E-state index in [4.69, 9.17) is 0 Å². The molecule has 0 aliphatic heterocycles. The lowest BCUT2D eigenvalue weighted by atomic mass is 10.3. The number of thioether (sulfide) groups is 1. The van der Waals surface area contributed by atoms with E-state index in [1.54, 1.807) is 30.3 Å². The van der Waals surface area contributed by atoms with Crippen molar-refractivity contribution in [3.63, 3.8) is 0 Å². The van der Waals surface area contributed by atoms with Gasteiger partial charge < -0.3 is 0 Å². The van der Waals surface area contributed by atoms with Crippen molar-refractivity contribution in [1.29, 1.82) is 0 Å². The molecule has 2 aromatic rings. The molecule has 1 N–H and O–H groups in total. The lowest BCUT2D eigenvalue weighted by molar-refractivity contribution is -0.114. The van der Waals surface area contributed by atoms with Gasteiger partial charge in [-0.3, -0.25) is 14.4 Å². The molecule has 1 aromatic carbocycles. The molecule has 1 aromatic heterocycles. The highest BCUT2D eigenvalue weighted by Gasteiger charge is 2.21. The zero-order valence-corrected chi connectivity index (χ0v) is 17.8. The third-order valence-electron chi connectivity index (χ3n) is 2.78. The number of nitrogens with one attached hydrogen (secondary N) is 1. The average molecular weight is 510 g/mol. The van der Waals surface area contributed by atoms with Crippen LogP contribution in [-0.2, 0) is 14.8 Å². The molecule has 0 aliphatic rings. The fourth-order valence-corrected chi connectivity index (χ4v) is 4.49. The first kappa shape index (κ1) is 20.1. The maximum Gasteiger partial charge on any atom is 0.246 e. The first-order valence-corrected chi connectivity index (χ1v) is 11.6. The quantitative estimate of drug-likeness (QED) is 0.254. The van der Waals surface area contributed by atoms with Crippen molar-refractivity contribution in [2.24, 2.45) is 0 Å². The van der Waals surface area contributed by atoms with Gasteiger partial charge in [-0.15, -0.1) is 16.8 Å². The smallest absolute Gasteiger partial charge is 0.246 e. The maximum absolute atomic E-state index is 12.2. The Morgan fingerprint density at radius 2 is 2.08 bits per heavy atom. The summed E-state index contributed by atoms with van der Waals surface area (Å²) in [6.07, 6.45) is 2.81. The van der Waals surface area contributed by atoms with Crippen LogP contribution >= 0.6 is 45.7 Å². The number of anilines is 2. The molecule has 7 nitrogen and oxygen atoms in total. The van der Waals surface area contributed by atoms with Gasteiger partial charge in [0.1, 0.15) is 6.54 Å². The molecular formula is C14H15IN4O3S3. The Bertz CT molecular complexity index is 852. The zero-order chi connectivity index (χ0) is 18.4. The SMILES string of the molecule is C=CCSc1nnc(NC(=O)CN(c2ccc(I)cc2)S(C)(=O)=O)s1. The predicted octanol–water partition coefficient (Wildman–Crippen LogP) is 2.83. The van der Waals surface area contributed by atoms with Gasteiger partial charge in [-0.25, -0.2) is 8.42 Å². The molecule has 1 heterocycles. The minimum atomic E-state index is -3.60. The van der Waals surface area contributed by atoms with E-state index in [1.165, 1.54) is 23.1 Å². The van der Waals surface area contributed by atoms with Gasteiger partial charge in [0, 0.05) is 9.32 Å². The molecule has 0 fully saturated rings. The summed E-state index contributed by atoms with van der Waals surface area (Å²) in [5, 5.41) is 10.7. The second kappa shape index (κ2) is 8.96. The fourth-order valence-electron chi connectivity index (χ4n) is 1.75. The van der Waals surface area contributed by atoms with E-state index >= 15 is 0 Å². The maximum atomic E-state index is 12.2. The Kier molecular flexibility index (Phi) is 7.22. The van der Waals surface area contributed by atoms with E-state index < -0.39 is 15.9 Å². The van der Waals surface area contributed by atoms with Gasteiger partial charge in [0.05, 0.1) is 11.9 Å². The van der Waals surface area contributed by atoms with Crippen molar-refractivity contribution in [1.82, 2.24) is 10.2 Å². The molecule has 25 heavy (non-hydrogen) atoms. The van der Waals surface area contributed by atoms with Crippen molar-refractivity contribution in [2.75, 3.05) is 28.2 Å². The van der Waals surface area contributed by atoms with Crippen molar-refractivity contribution >= 4 is 72.4 Å². The van der Waals surface area contributed by atoms with Gasteiger partial charge in [-0.2, -0.15) is 0 Å². The van der Waals surface area contributed by atoms with Gasteiger partial charge in [-0.05, 0) is 46.9 Å². The Morgan fingerprint density at radius 1 is 1.40 bits per heavy atom. The summed E-state index contributed by atoms with van der Waals surface area (Å²) in [5.41, 5.74) is 0.428. The van der Waals surface area contributed by atoms with Crippen molar-refractivity contribution in [2.45, 2.75) is 4.34 Å². The number of hydrogen-bond acceptors (Lipinski definition) is 7. The van der Waals surface area contributed by atoms with Crippen LogP contribution < -0.4 is 9.62 Å². The molecule has 0 saturated carbocycles. The number of benzene rings is 1. The molecule has 11 heteroatoms. The molecule has 0 saturated heterocycles. The van der Waals surface area contributed by atoms with E-state index in [2.05, 4.69) is 44.7 Å². The molecule has 0 bridgehead atoms. The van der Waals surface area contributed by atoms with Crippen molar-refractivity contribution in [3.05, 3.63) is 40.5 Å². The predicted molar refractivity (Wildman–Crippen MR) is 111 cm³/mol. The van der Waals surface area contributed by atoms with E-state index in [1.807, 2.05) is 0 Å². The average Bonchev–Trinajstić information content (AvgIpc) is 2.98.